The lowest BCUT2D eigenvalue weighted by Crippen LogP contribution is -2.36. The molecule has 0 spiro atoms. The Balaban J connectivity index is 2.23. The van der Waals surface area contributed by atoms with Crippen LogP contribution in [0.4, 0.5) is 4.39 Å². The summed E-state index contributed by atoms with van der Waals surface area (Å²) in [4.78, 5) is 0. The van der Waals surface area contributed by atoms with Crippen LogP contribution in [-0.4, -0.2) is 29.4 Å². The number of rotatable bonds is 3. The van der Waals surface area contributed by atoms with Crippen molar-refractivity contribution in [2.45, 2.75) is 45.0 Å². The van der Waals surface area contributed by atoms with E-state index in [-0.39, 0.29) is 35.5 Å². The van der Waals surface area contributed by atoms with Gasteiger partial charge in [-0.05, 0) is 26.0 Å². The lowest BCUT2D eigenvalue weighted by atomic mass is 10.0. The number of benzene rings is 1. The van der Waals surface area contributed by atoms with Gasteiger partial charge in [-0.25, -0.2) is 4.39 Å². The summed E-state index contributed by atoms with van der Waals surface area (Å²) in [6.45, 7) is 3.95. The number of ether oxygens (including phenoxy) is 2. The van der Waals surface area contributed by atoms with Crippen molar-refractivity contribution in [1.29, 1.82) is 0 Å². The van der Waals surface area contributed by atoms with Crippen LogP contribution in [0.15, 0.2) is 23.4 Å². The smallest absolute Gasteiger partial charge is 0.176 e. The van der Waals surface area contributed by atoms with Crippen molar-refractivity contribution in [3.05, 3.63) is 29.6 Å². The molecule has 6 heteroatoms. The van der Waals surface area contributed by atoms with E-state index in [9.17, 15) is 4.39 Å². The highest BCUT2D eigenvalue weighted by molar-refractivity contribution is 5.99. The van der Waals surface area contributed by atoms with Crippen LogP contribution in [0.25, 0.3) is 0 Å². The van der Waals surface area contributed by atoms with Crippen LogP contribution in [0.3, 0.4) is 0 Å². The zero-order valence-electron chi connectivity index (χ0n) is 11.5. The van der Waals surface area contributed by atoms with Gasteiger partial charge in [0.1, 0.15) is 17.7 Å². The van der Waals surface area contributed by atoms with E-state index in [0.717, 1.165) is 12.8 Å². The Bertz CT molecular complexity index is 497. The van der Waals surface area contributed by atoms with E-state index in [2.05, 4.69) is 5.16 Å². The highest BCUT2D eigenvalue weighted by Gasteiger charge is 2.27. The van der Waals surface area contributed by atoms with Gasteiger partial charge in [-0.1, -0.05) is 11.2 Å². The van der Waals surface area contributed by atoms with Gasteiger partial charge in [-0.2, -0.15) is 0 Å². The Labute approximate surface area is 117 Å². The summed E-state index contributed by atoms with van der Waals surface area (Å²) < 4.78 is 25.3. The van der Waals surface area contributed by atoms with Crippen LogP contribution < -0.4 is 10.5 Å². The Morgan fingerprint density at radius 3 is 2.65 bits per heavy atom. The molecule has 110 valence electrons. The van der Waals surface area contributed by atoms with Crippen LogP contribution in [0.2, 0.25) is 0 Å². The second kappa shape index (κ2) is 6.09. The number of amidine groups is 1. The number of hydrogen-bond donors (Lipinski definition) is 2. The maximum atomic E-state index is 13.8. The molecule has 5 nitrogen and oxygen atoms in total. The van der Waals surface area contributed by atoms with Gasteiger partial charge in [0.25, 0.3) is 0 Å². The van der Waals surface area contributed by atoms with Gasteiger partial charge < -0.3 is 20.4 Å². The first-order valence-electron chi connectivity index (χ1n) is 6.59. The third-order valence-corrected chi connectivity index (χ3v) is 3.29. The van der Waals surface area contributed by atoms with E-state index in [1.807, 2.05) is 13.8 Å². The molecule has 1 aromatic carbocycles. The largest absolute Gasteiger partial charge is 0.489 e. The molecule has 3 N–H and O–H groups in total. The summed E-state index contributed by atoms with van der Waals surface area (Å²) in [6.07, 6.45) is 1.53. The fourth-order valence-corrected chi connectivity index (χ4v) is 2.52. The summed E-state index contributed by atoms with van der Waals surface area (Å²) in [5.74, 6) is -0.594. The van der Waals surface area contributed by atoms with Crippen LogP contribution in [0.5, 0.6) is 5.75 Å². The molecule has 1 saturated heterocycles. The lowest BCUT2D eigenvalue weighted by Gasteiger charge is -2.32. The topological polar surface area (TPSA) is 77.1 Å². The molecule has 0 radical (unpaired) electrons. The highest BCUT2D eigenvalue weighted by atomic mass is 19.1. The number of hydrogen-bond acceptors (Lipinski definition) is 4. The fourth-order valence-electron chi connectivity index (χ4n) is 2.52. The van der Waals surface area contributed by atoms with E-state index >= 15 is 0 Å². The van der Waals surface area contributed by atoms with Crippen molar-refractivity contribution in [3.63, 3.8) is 0 Å². The number of nitrogens with zero attached hydrogens (tertiary/aromatic N) is 1. The molecule has 0 amide bonds. The Morgan fingerprint density at radius 1 is 1.40 bits per heavy atom. The summed E-state index contributed by atoms with van der Waals surface area (Å²) in [5.41, 5.74) is 5.50. The molecule has 1 aliphatic heterocycles. The minimum atomic E-state index is -0.578. The van der Waals surface area contributed by atoms with Crippen molar-refractivity contribution in [3.8, 4) is 5.75 Å². The first-order chi connectivity index (χ1) is 9.51. The van der Waals surface area contributed by atoms with Crippen molar-refractivity contribution >= 4 is 5.84 Å². The molecule has 0 aliphatic carbocycles. The third kappa shape index (κ3) is 3.19. The van der Waals surface area contributed by atoms with Gasteiger partial charge in [0.05, 0.1) is 17.8 Å². The molecule has 0 saturated carbocycles. The average Bonchev–Trinajstić information content (AvgIpc) is 2.37. The Kier molecular flexibility index (Phi) is 4.44. The standard InChI is InChI=1S/C14H19FN2O3/c1-8-6-10(7-9(2)19-8)20-12-5-3-4-11(15)13(12)14(16)17-18/h3-5,8-10,18H,6-7H2,1-2H3,(H2,16,17). The maximum absolute atomic E-state index is 13.8. The predicted molar refractivity (Wildman–Crippen MR) is 72.6 cm³/mol. The van der Waals surface area contributed by atoms with Crippen molar-refractivity contribution in [2.75, 3.05) is 0 Å². The average molecular weight is 282 g/mol. The SMILES string of the molecule is CC1CC(Oc2cccc(F)c2/C(N)=N/O)CC(C)O1. The van der Waals surface area contributed by atoms with Gasteiger partial charge in [-0.15, -0.1) is 0 Å². The summed E-state index contributed by atoms with van der Waals surface area (Å²) in [6, 6.07) is 4.39. The van der Waals surface area contributed by atoms with Crippen molar-refractivity contribution < 1.29 is 19.1 Å². The minimum absolute atomic E-state index is 0.0122. The van der Waals surface area contributed by atoms with Crippen LogP contribution in [-0.2, 0) is 4.74 Å². The van der Waals surface area contributed by atoms with E-state index in [4.69, 9.17) is 20.4 Å². The molecule has 1 aliphatic rings. The molecule has 1 heterocycles. The third-order valence-electron chi connectivity index (χ3n) is 3.29. The summed E-state index contributed by atoms with van der Waals surface area (Å²) in [7, 11) is 0. The molecular formula is C14H19FN2O3. The monoisotopic (exact) mass is 282 g/mol. The fraction of sp³-hybridized carbons (Fsp3) is 0.500. The first-order valence-corrected chi connectivity index (χ1v) is 6.59. The lowest BCUT2D eigenvalue weighted by molar-refractivity contribution is -0.0722. The normalized spacial score (nSPS) is 27.4. The predicted octanol–water partition coefficient (Wildman–Crippen LogP) is 2.25. The molecule has 2 rings (SSSR count). The van der Waals surface area contributed by atoms with Crippen LogP contribution >= 0.6 is 0 Å². The van der Waals surface area contributed by atoms with Crippen LogP contribution in [0.1, 0.15) is 32.3 Å². The minimum Gasteiger partial charge on any atom is -0.489 e. The first kappa shape index (κ1) is 14.6. The van der Waals surface area contributed by atoms with Gasteiger partial charge in [0, 0.05) is 12.8 Å². The molecule has 0 aromatic heterocycles. The Hall–Kier alpha value is -1.82. The molecule has 2 unspecified atom stereocenters. The molecule has 20 heavy (non-hydrogen) atoms. The second-order valence-electron chi connectivity index (χ2n) is 5.07. The van der Waals surface area contributed by atoms with Crippen molar-refractivity contribution in [1.82, 2.24) is 0 Å². The number of oxime groups is 1. The van der Waals surface area contributed by atoms with E-state index in [1.54, 1.807) is 6.07 Å². The van der Waals surface area contributed by atoms with Gasteiger partial charge >= 0.3 is 0 Å². The van der Waals surface area contributed by atoms with E-state index < -0.39 is 5.82 Å². The molecule has 2 atom stereocenters. The second-order valence-corrected chi connectivity index (χ2v) is 5.07. The summed E-state index contributed by atoms with van der Waals surface area (Å²) >= 11 is 0. The molecule has 0 bridgehead atoms. The zero-order chi connectivity index (χ0) is 14.7. The maximum Gasteiger partial charge on any atom is 0.176 e. The zero-order valence-corrected chi connectivity index (χ0v) is 11.5. The quantitative estimate of drug-likeness (QED) is 0.386. The highest BCUT2D eigenvalue weighted by Crippen LogP contribution is 2.27. The number of nitrogens with two attached hydrogens (primary N) is 1. The molecule has 1 aromatic rings. The molecule has 1 fully saturated rings. The van der Waals surface area contributed by atoms with Crippen molar-refractivity contribution in [2.24, 2.45) is 10.9 Å². The number of halogens is 1. The van der Waals surface area contributed by atoms with Gasteiger partial charge in [0.2, 0.25) is 0 Å². The van der Waals surface area contributed by atoms with Gasteiger partial charge in [0.15, 0.2) is 5.84 Å². The van der Waals surface area contributed by atoms with E-state index in [0.29, 0.717) is 0 Å². The molecular weight excluding hydrogens is 263 g/mol. The van der Waals surface area contributed by atoms with Gasteiger partial charge in [-0.3, -0.25) is 0 Å². The van der Waals surface area contributed by atoms with E-state index in [1.165, 1.54) is 12.1 Å². The van der Waals surface area contributed by atoms with Crippen LogP contribution in [0, 0.1) is 5.82 Å². The Morgan fingerprint density at radius 2 is 2.05 bits per heavy atom. The summed E-state index contributed by atoms with van der Waals surface area (Å²) in [5, 5.41) is 11.6.